The Morgan fingerprint density at radius 3 is 2.67 bits per heavy atom. The van der Waals surface area contributed by atoms with E-state index in [0.717, 1.165) is 5.92 Å². The SMILES string of the molecule is NCc1ccc(C2CC2)c(Br)c1. The standard InChI is InChI=1S/C10H12BrN/c11-10-5-7(6-12)1-4-9(10)8-2-3-8/h1,4-5,8H,2-3,6,12H2. The van der Waals surface area contributed by atoms with Gasteiger partial charge in [-0.05, 0) is 36.0 Å². The molecule has 0 spiro atoms. The highest BCUT2D eigenvalue weighted by atomic mass is 79.9. The molecule has 0 unspecified atom stereocenters. The van der Waals surface area contributed by atoms with Crippen LogP contribution in [0, 0.1) is 0 Å². The summed E-state index contributed by atoms with van der Waals surface area (Å²) in [6, 6.07) is 6.45. The summed E-state index contributed by atoms with van der Waals surface area (Å²) in [6.07, 6.45) is 2.70. The highest BCUT2D eigenvalue weighted by Crippen LogP contribution is 2.43. The summed E-state index contributed by atoms with van der Waals surface area (Å²) in [6.45, 7) is 0.629. The summed E-state index contributed by atoms with van der Waals surface area (Å²) in [5, 5.41) is 0. The first-order valence-electron chi connectivity index (χ1n) is 4.29. The Kier molecular flexibility index (Phi) is 2.20. The monoisotopic (exact) mass is 225 g/mol. The van der Waals surface area contributed by atoms with Crippen LogP contribution in [-0.4, -0.2) is 0 Å². The summed E-state index contributed by atoms with van der Waals surface area (Å²) in [5.41, 5.74) is 8.19. The third-order valence-electron chi connectivity index (χ3n) is 2.32. The molecule has 1 aliphatic carbocycles. The number of rotatable bonds is 2. The number of halogens is 1. The summed E-state index contributed by atoms with van der Waals surface area (Å²) in [7, 11) is 0. The van der Waals surface area contributed by atoms with E-state index >= 15 is 0 Å². The molecule has 2 rings (SSSR count). The van der Waals surface area contributed by atoms with Gasteiger partial charge in [-0.3, -0.25) is 0 Å². The molecule has 0 aliphatic heterocycles. The normalized spacial score (nSPS) is 16.5. The highest BCUT2D eigenvalue weighted by molar-refractivity contribution is 9.10. The second kappa shape index (κ2) is 3.19. The topological polar surface area (TPSA) is 26.0 Å². The molecular weight excluding hydrogens is 214 g/mol. The van der Waals surface area contributed by atoms with Gasteiger partial charge in [0.15, 0.2) is 0 Å². The van der Waals surface area contributed by atoms with Crippen LogP contribution < -0.4 is 5.73 Å². The van der Waals surface area contributed by atoms with E-state index in [1.807, 2.05) is 0 Å². The second-order valence-electron chi connectivity index (χ2n) is 3.33. The van der Waals surface area contributed by atoms with Gasteiger partial charge in [0.1, 0.15) is 0 Å². The van der Waals surface area contributed by atoms with Gasteiger partial charge in [-0.2, -0.15) is 0 Å². The Labute approximate surface area is 81.1 Å². The minimum atomic E-state index is 0.629. The van der Waals surface area contributed by atoms with Crippen molar-refractivity contribution in [3.63, 3.8) is 0 Å². The molecule has 64 valence electrons. The Hall–Kier alpha value is -0.340. The van der Waals surface area contributed by atoms with Crippen LogP contribution >= 0.6 is 15.9 Å². The van der Waals surface area contributed by atoms with E-state index in [4.69, 9.17) is 5.73 Å². The fraction of sp³-hybridized carbons (Fsp3) is 0.400. The fourth-order valence-corrected chi connectivity index (χ4v) is 2.17. The lowest BCUT2D eigenvalue weighted by Crippen LogP contribution is -1.96. The molecule has 0 heterocycles. The Bertz CT molecular complexity index is 292. The van der Waals surface area contributed by atoms with Crippen molar-refractivity contribution >= 4 is 15.9 Å². The lowest BCUT2D eigenvalue weighted by Gasteiger charge is -2.03. The molecule has 0 atom stereocenters. The largest absolute Gasteiger partial charge is 0.326 e. The van der Waals surface area contributed by atoms with E-state index in [2.05, 4.69) is 34.1 Å². The molecule has 1 aliphatic rings. The number of benzene rings is 1. The molecule has 0 amide bonds. The zero-order valence-electron chi connectivity index (χ0n) is 6.89. The number of hydrogen-bond donors (Lipinski definition) is 1. The predicted octanol–water partition coefficient (Wildman–Crippen LogP) is 2.79. The van der Waals surface area contributed by atoms with Gasteiger partial charge in [0.2, 0.25) is 0 Å². The number of nitrogens with two attached hydrogens (primary N) is 1. The zero-order chi connectivity index (χ0) is 8.55. The van der Waals surface area contributed by atoms with Gasteiger partial charge in [0.25, 0.3) is 0 Å². The molecule has 2 N–H and O–H groups in total. The van der Waals surface area contributed by atoms with Crippen LogP contribution in [0.1, 0.15) is 29.9 Å². The van der Waals surface area contributed by atoms with Gasteiger partial charge in [-0.15, -0.1) is 0 Å². The van der Waals surface area contributed by atoms with E-state index in [0.29, 0.717) is 6.54 Å². The van der Waals surface area contributed by atoms with E-state index < -0.39 is 0 Å². The summed E-state index contributed by atoms with van der Waals surface area (Å²) < 4.78 is 1.23. The van der Waals surface area contributed by atoms with Crippen molar-refractivity contribution in [2.24, 2.45) is 5.73 Å². The van der Waals surface area contributed by atoms with Crippen LogP contribution in [0.4, 0.5) is 0 Å². The van der Waals surface area contributed by atoms with Gasteiger partial charge in [-0.25, -0.2) is 0 Å². The van der Waals surface area contributed by atoms with Crippen LogP contribution in [-0.2, 0) is 6.54 Å². The van der Waals surface area contributed by atoms with Crippen LogP contribution in [0.5, 0.6) is 0 Å². The smallest absolute Gasteiger partial charge is 0.0213 e. The molecule has 1 fully saturated rings. The van der Waals surface area contributed by atoms with Crippen molar-refractivity contribution < 1.29 is 0 Å². The number of hydrogen-bond acceptors (Lipinski definition) is 1. The van der Waals surface area contributed by atoms with E-state index in [1.54, 1.807) is 0 Å². The lowest BCUT2D eigenvalue weighted by atomic mass is 10.1. The molecule has 0 radical (unpaired) electrons. The van der Waals surface area contributed by atoms with Crippen molar-refractivity contribution in [3.05, 3.63) is 33.8 Å². The molecule has 2 heteroatoms. The average molecular weight is 226 g/mol. The van der Waals surface area contributed by atoms with E-state index in [1.165, 1.54) is 28.4 Å². The van der Waals surface area contributed by atoms with Crippen LogP contribution in [0.15, 0.2) is 22.7 Å². The summed E-state index contributed by atoms with van der Waals surface area (Å²) >= 11 is 3.57. The quantitative estimate of drug-likeness (QED) is 0.824. The Morgan fingerprint density at radius 2 is 2.17 bits per heavy atom. The van der Waals surface area contributed by atoms with E-state index in [-0.39, 0.29) is 0 Å². The van der Waals surface area contributed by atoms with Crippen molar-refractivity contribution in [2.75, 3.05) is 0 Å². The van der Waals surface area contributed by atoms with Crippen molar-refractivity contribution in [3.8, 4) is 0 Å². The second-order valence-corrected chi connectivity index (χ2v) is 4.19. The fourth-order valence-electron chi connectivity index (χ4n) is 1.42. The molecule has 0 saturated heterocycles. The molecule has 12 heavy (non-hydrogen) atoms. The van der Waals surface area contributed by atoms with Crippen LogP contribution in [0.3, 0.4) is 0 Å². The lowest BCUT2D eigenvalue weighted by molar-refractivity contribution is 1.05. The third-order valence-corrected chi connectivity index (χ3v) is 3.00. The molecule has 0 bridgehead atoms. The molecule has 0 aromatic heterocycles. The van der Waals surface area contributed by atoms with Gasteiger partial charge < -0.3 is 5.73 Å². The summed E-state index contributed by atoms with van der Waals surface area (Å²) in [4.78, 5) is 0. The molecule has 1 aromatic carbocycles. The van der Waals surface area contributed by atoms with Gasteiger partial charge in [0.05, 0.1) is 0 Å². The Balaban J connectivity index is 2.32. The minimum Gasteiger partial charge on any atom is -0.326 e. The molecule has 1 nitrogen and oxygen atoms in total. The first kappa shape index (κ1) is 8.27. The molecule has 1 aromatic rings. The van der Waals surface area contributed by atoms with Crippen molar-refractivity contribution in [2.45, 2.75) is 25.3 Å². The van der Waals surface area contributed by atoms with E-state index in [9.17, 15) is 0 Å². The predicted molar refractivity (Wildman–Crippen MR) is 54.0 cm³/mol. The first-order chi connectivity index (χ1) is 5.81. The molecule has 1 saturated carbocycles. The maximum Gasteiger partial charge on any atom is 0.0213 e. The maximum atomic E-state index is 5.54. The summed E-state index contributed by atoms with van der Waals surface area (Å²) in [5.74, 6) is 0.811. The van der Waals surface area contributed by atoms with Crippen molar-refractivity contribution in [1.82, 2.24) is 0 Å². The zero-order valence-corrected chi connectivity index (χ0v) is 8.47. The van der Waals surface area contributed by atoms with Crippen LogP contribution in [0.2, 0.25) is 0 Å². The average Bonchev–Trinajstić information content (AvgIpc) is 2.87. The molecular formula is C10H12BrN. The van der Waals surface area contributed by atoms with Crippen LogP contribution in [0.25, 0.3) is 0 Å². The Morgan fingerprint density at radius 1 is 1.42 bits per heavy atom. The third kappa shape index (κ3) is 1.54. The first-order valence-corrected chi connectivity index (χ1v) is 5.09. The minimum absolute atomic E-state index is 0.629. The maximum absolute atomic E-state index is 5.54. The van der Waals surface area contributed by atoms with Crippen molar-refractivity contribution in [1.29, 1.82) is 0 Å². The van der Waals surface area contributed by atoms with Gasteiger partial charge in [-0.1, -0.05) is 28.1 Å². The van der Waals surface area contributed by atoms with Gasteiger partial charge in [0, 0.05) is 11.0 Å². The van der Waals surface area contributed by atoms with Gasteiger partial charge >= 0.3 is 0 Å². The highest BCUT2D eigenvalue weighted by Gasteiger charge is 2.25.